The lowest BCUT2D eigenvalue weighted by Crippen LogP contribution is -2.42. The van der Waals surface area contributed by atoms with E-state index in [1.165, 1.54) is 10.9 Å². The number of guanidine groups is 1. The van der Waals surface area contributed by atoms with Crippen molar-refractivity contribution in [2.24, 2.45) is 10.9 Å². The van der Waals surface area contributed by atoms with Gasteiger partial charge in [-0.25, -0.2) is 0 Å². The van der Waals surface area contributed by atoms with Crippen molar-refractivity contribution in [3.63, 3.8) is 0 Å². The molecule has 1 aromatic carbocycles. The summed E-state index contributed by atoms with van der Waals surface area (Å²) >= 11 is 0. The molecule has 5 heteroatoms. The van der Waals surface area contributed by atoms with E-state index in [1.54, 1.807) is 0 Å². The van der Waals surface area contributed by atoms with Gasteiger partial charge in [-0.15, -0.1) is 0 Å². The smallest absolute Gasteiger partial charge is 0.193 e. The number of aromatic nitrogens is 1. The first-order chi connectivity index (χ1) is 11.8. The van der Waals surface area contributed by atoms with E-state index in [4.69, 9.17) is 4.74 Å². The highest BCUT2D eigenvalue weighted by atomic mass is 16.5. The highest BCUT2D eigenvalue weighted by Gasteiger charge is 2.18. The maximum atomic E-state index is 5.46. The second-order valence-corrected chi connectivity index (χ2v) is 6.33. The molecule has 1 fully saturated rings. The molecule has 1 aliphatic heterocycles. The average Bonchev–Trinajstić information content (AvgIpc) is 3.11. The summed E-state index contributed by atoms with van der Waals surface area (Å²) in [7, 11) is 3.93. The van der Waals surface area contributed by atoms with Gasteiger partial charge in [-0.3, -0.25) is 9.98 Å². The van der Waals surface area contributed by atoms with Crippen molar-refractivity contribution in [3.05, 3.63) is 42.1 Å². The highest BCUT2D eigenvalue weighted by molar-refractivity contribution is 5.82. The van der Waals surface area contributed by atoms with Crippen LogP contribution in [0.3, 0.4) is 0 Å². The fraction of sp³-hybridized carbons (Fsp3) is 0.474. The quantitative estimate of drug-likeness (QED) is 0.677. The van der Waals surface area contributed by atoms with Crippen LogP contribution in [0.1, 0.15) is 12.0 Å². The molecule has 1 saturated heterocycles. The van der Waals surface area contributed by atoms with E-state index in [-0.39, 0.29) is 0 Å². The lowest BCUT2D eigenvalue weighted by Gasteiger charge is -2.24. The maximum Gasteiger partial charge on any atom is 0.193 e. The van der Waals surface area contributed by atoms with Crippen molar-refractivity contribution in [3.8, 4) is 0 Å². The first kappa shape index (κ1) is 16.7. The molecule has 2 heterocycles. The van der Waals surface area contributed by atoms with Crippen molar-refractivity contribution < 1.29 is 4.74 Å². The van der Waals surface area contributed by atoms with E-state index in [1.807, 2.05) is 19.3 Å². The summed E-state index contributed by atoms with van der Waals surface area (Å²) in [6.45, 7) is 3.57. The molecule has 128 valence electrons. The Balaban J connectivity index is 1.55. The molecule has 3 rings (SSSR count). The summed E-state index contributed by atoms with van der Waals surface area (Å²) in [6.07, 6.45) is 3.92. The summed E-state index contributed by atoms with van der Waals surface area (Å²) in [5.74, 6) is 1.55. The number of para-hydroxylation sites is 1. The number of rotatable bonds is 5. The molecule has 5 nitrogen and oxygen atoms in total. The normalized spacial score (nSPS) is 18.1. The summed E-state index contributed by atoms with van der Waals surface area (Å²) in [5.41, 5.74) is 2.36. The van der Waals surface area contributed by atoms with Gasteiger partial charge in [-0.1, -0.05) is 24.3 Å². The van der Waals surface area contributed by atoms with Crippen LogP contribution in [0.4, 0.5) is 0 Å². The van der Waals surface area contributed by atoms with Crippen LogP contribution in [0.5, 0.6) is 0 Å². The van der Waals surface area contributed by atoms with Crippen molar-refractivity contribution in [2.75, 3.05) is 40.4 Å². The molecule has 1 aromatic heterocycles. The molecule has 1 aliphatic rings. The SMILES string of the molecule is CN=C(NCCc1cccc2cccnc12)N(C)CC1CCOC1. The number of hydrogen-bond donors (Lipinski definition) is 1. The minimum Gasteiger partial charge on any atom is -0.381 e. The van der Waals surface area contributed by atoms with Crippen LogP contribution in [0.25, 0.3) is 10.9 Å². The molecule has 1 unspecified atom stereocenters. The second-order valence-electron chi connectivity index (χ2n) is 6.33. The molecule has 0 saturated carbocycles. The molecule has 0 radical (unpaired) electrons. The topological polar surface area (TPSA) is 49.8 Å². The molecular formula is C19H26N4O. The Kier molecular flexibility index (Phi) is 5.64. The van der Waals surface area contributed by atoms with Crippen LogP contribution in [-0.2, 0) is 11.2 Å². The Labute approximate surface area is 143 Å². The standard InChI is InChI=1S/C19H26N4O/c1-20-19(23(2)13-15-9-12-24-14-15)22-11-8-17-6-3-5-16-7-4-10-21-18(16)17/h3-7,10,15H,8-9,11-14H2,1-2H3,(H,20,22). The van der Waals surface area contributed by atoms with Gasteiger partial charge in [0.05, 0.1) is 12.1 Å². The van der Waals surface area contributed by atoms with E-state index >= 15 is 0 Å². The van der Waals surface area contributed by atoms with Crippen LogP contribution in [0.2, 0.25) is 0 Å². The lowest BCUT2D eigenvalue weighted by atomic mass is 10.1. The Morgan fingerprint density at radius 1 is 1.38 bits per heavy atom. The van der Waals surface area contributed by atoms with Crippen molar-refractivity contribution in [1.82, 2.24) is 15.2 Å². The molecule has 1 atom stereocenters. The largest absolute Gasteiger partial charge is 0.381 e. The Morgan fingerprint density at radius 3 is 3.04 bits per heavy atom. The predicted molar refractivity (Wildman–Crippen MR) is 98.4 cm³/mol. The lowest BCUT2D eigenvalue weighted by molar-refractivity contribution is 0.181. The minimum absolute atomic E-state index is 0.607. The summed E-state index contributed by atoms with van der Waals surface area (Å²) in [6, 6.07) is 10.4. The molecule has 1 N–H and O–H groups in total. The predicted octanol–water partition coefficient (Wildman–Crippen LogP) is 2.32. The average molecular weight is 326 g/mol. The van der Waals surface area contributed by atoms with E-state index in [9.17, 15) is 0 Å². The van der Waals surface area contributed by atoms with Gasteiger partial charge < -0.3 is 15.0 Å². The van der Waals surface area contributed by atoms with Crippen molar-refractivity contribution >= 4 is 16.9 Å². The molecule has 0 amide bonds. The van der Waals surface area contributed by atoms with Crippen LogP contribution < -0.4 is 5.32 Å². The zero-order chi connectivity index (χ0) is 16.8. The highest BCUT2D eigenvalue weighted by Crippen LogP contribution is 2.16. The molecule has 24 heavy (non-hydrogen) atoms. The third-order valence-electron chi connectivity index (χ3n) is 4.52. The summed E-state index contributed by atoms with van der Waals surface area (Å²) in [5, 5.41) is 4.66. The number of nitrogens with zero attached hydrogens (tertiary/aromatic N) is 3. The van der Waals surface area contributed by atoms with Gasteiger partial charge in [-0.05, 0) is 24.5 Å². The van der Waals surface area contributed by atoms with Crippen molar-refractivity contribution in [2.45, 2.75) is 12.8 Å². The van der Waals surface area contributed by atoms with E-state index < -0.39 is 0 Å². The molecular weight excluding hydrogens is 300 g/mol. The first-order valence-electron chi connectivity index (χ1n) is 8.60. The maximum absolute atomic E-state index is 5.46. The number of fused-ring (bicyclic) bond motifs is 1. The Hall–Kier alpha value is -2.14. The fourth-order valence-electron chi connectivity index (χ4n) is 3.26. The van der Waals surface area contributed by atoms with E-state index in [0.29, 0.717) is 5.92 Å². The minimum atomic E-state index is 0.607. The molecule has 2 aromatic rings. The molecule has 0 bridgehead atoms. The Morgan fingerprint density at radius 2 is 2.25 bits per heavy atom. The van der Waals surface area contributed by atoms with Gasteiger partial charge in [-0.2, -0.15) is 0 Å². The van der Waals surface area contributed by atoms with Gasteiger partial charge in [0.25, 0.3) is 0 Å². The van der Waals surface area contributed by atoms with E-state index in [2.05, 4.69) is 51.5 Å². The zero-order valence-electron chi connectivity index (χ0n) is 14.5. The third-order valence-corrected chi connectivity index (χ3v) is 4.52. The first-order valence-corrected chi connectivity index (χ1v) is 8.60. The monoisotopic (exact) mass is 326 g/mol. The van der Waals surface area contributed by atoms with Gasteiger partial charge in [0.2, 0.25) is 0 Å². The van der Waals surface area contributed by atoms with Gasteiger partial charge >= 0.3 is 0 Å². The number of ether oxygens (including phenoxy) is 1. The number of pyridine rings is 1. The molecule has 0 spiro atoms. The van der Waals surface area contributed by atoms with E-state index in [0.717, 1.165) is 50.6 Å². The van der Waals surface area contributed by atoms with Crippen molar-refractivity contribution in [1.29, 1.82) is 0 Å². The van der Waals surface area contributed by atoms with Crippen LogP contribution >= 0.6 is 0 Å². The number of hydrogen-bond acceptors (Lipinski definition) is 3. The van der Waals surface area contributed by atoms with Crippen LogP contribution in [0, 0.1) is 5.92 Å². The van der Waals surface area contributed by atoms with Gasteiger partial charge in [0.1, 0.15) is 0 Å². The summed E-state index contributed by atoms with van der Waals surface area (Å²) < 4.78 is 5.46. The third kappa shape index (κ3) is 4.03. The second kappa shape index (κ2) is 8.11. The fourth-order valence-corrected chi connectivity index (χ4v) is 3.26. The number of aliphatic imine (C=N–C) groups is 1. The number of nitrogens with one attached hydrogen (secondary N) is 1. The van der Waals surface area contributed by atoms with Gasteiger partial charge in [0, 0.05) is 51.3 Å². The summed E-state index contributed by atoms with van der Waals surface area (Å²) in [4.78, 5) is 11.1. The Bertz CT molecular complexity index is 689. The van der Waals surface area contributed by atoms with Crippen LogP contribution in [-0.4, -0.2) is 56.2 Å². The van der Waals surface area contributed by atoms with Crippen LogP contribution in [0.15, 0.2) is 41.5 Å². The van der Waals surface area contributed by atoms with Gasteiger partial charge in [0.15, 0.2) is 5.96 Å². The number of benzene rings is 1. The zero-order valence-corrected chi connectivity index (χ0v) is 14.5. The molecule has 0 aliphatic carbocycles.